The van der Waals surface area contributed by atoms with Gasteiger partial charge in [-0.1, -0.05) is 0 Å². The third-order valence-electron chi connectivity index (χ3n) is 3.55. The first-order valence-corrected chi connectivity index (χ1v) is 7.87. The molecule has 0 spiro atoms. The van der Waals surface area contributed by atoms with Crippen molar-refractivity contribution in [2.75, 3.05) is 26.2 Å². The van der Waals surface area contributed by atoms with E-state index >= 15 is 0 Å². The van der Waals surface area contributed by atoms with Gasteiger partial charge in [0.05, 0.1) is 12.5 Å². The molecule has 1 N–H and O–H groups in total. The Hall–Kier alpha value is -1.69. The zero-order valence-electron chi connectivity index (χ0n) is 13.8. The zero-order chi connectivity index (χ0) is 16.4. The average Bonchev–Trinajstić information content (AvgIpc) is 2.69. The van der Waals surface area contributed by atoms with Gasteiger partial charge >= 0.3 is 5.97 Å². The van der Waals surface area contributed by atoms with E-state index in [2.05, 4.69) is 15.2 Å². The lowest BCUT2D eigenvalue weighted by Crippen LogP contribution is -2.30. The number of hydrogen-bond donors (Lipinski definition) is 1. The molecule has 1 amide bonds. The summed E-state index contributed by atoms with van der Waals surface area (Å²) in [6.07, 6.45) is 5.86. The van der Waals surface area contributed by atoms with Crippen LogP contribution in [0.4, 0.5) is 0 Å². The van der Waals surface area contributed by atoms with E-state index in [-0.39, 0.29) is 17.8 Å². The van der Waals surface area contributed by atoms with Crippen molar-refractivity contribution in [1.29, 1.82) is 0 Å². The van der Waals surface area contributed by atoms with Crippen LogP contribution in [-0.2, 0) is 14.3 Å². The lowest BCUT2D eigenvalue weighted by Gasteiger charge is -2.19. The summed E-state index contributed by atoms with van der Waals surface area (Å²) >= 11 is 0. The molecular weight excluding hydrogens is 282 g/mol. The van der Waals surface area contributed by atoms with Crippen LogP contribution < -0.4 is 5.32 Å². The van der Waals surface area contributed by atoms with Crippen molar-refractivity contribution >= 4 is 17.6 Å². The topological polar surface area (TPSA) is 71.0 Å². The van der Waals surface area contributed by atoms with Gasteiger partial charge in [-0.3, -0.25) is 19.5 Å². The molecule has 0 saturated carbocycles. The maximum atomic E-state index is 11.8. The van der Waals surface area contributed by atoms with Crippen molar-refractivity contribution in [2.24, 2.45) is 10.9 Å². The number of hydrogen-bond acceptors (Lipinski definition) is 5. The van der Waals surface area contributed by atoms with E-state index in [9.17, 15) is 9.59 Å². The molecular formula is C16H27N3O3. The molecule has 1 atom stereocenters. The number of aliphatic imine (C=N–C) groups is 1. The molecule has 1 unspecified atom stereocenters. The van der Waals surface area contributed by atoms with Crippen molar-refractivity contribution in [3.8, 4) is 0 Å². The molecule has 1 fully saturated rings. The van der Waals surface area contributed by atoms with Crippen LogP contribution in [0, 0.1) is 5.92 Å². The van der Waals surface area contributed by atoms with Crippen molar-refractivity contribution in [1.82, 2.24) is 10.2 Å². The highest BCUT2D eigenvalue weighted by atomic mass is 16.5. The third kappa shape index (κ3) is 7.36. The molecule has 22 heavy (non-hydrogen) atoms. The fourth-order valence-corrected chi connectivity index (χ4v) is 2.49. The van der Waals surface area contributed by atoms with Crippen LogP contribution in [0.2, 0.25) is 0 Å². The zero-order valence-corrected chi connectivity index (χ0v) is 13.8. The molecule has 0 aromatic rings. The molecule has 6 nitrogen and oxygen atoms in total. The van der Waals surface area contributed by atoms with Crippen molar-refractivity contribution in [3.05, 3.63) is 12.4 Å². The van der Waals surface area contributed by atoms with E-state index in [0.717, 1.165) is 44.6 Å². The van der Waals surface area contributed by atoms with Gasteiger partial charge < -0.3 is 10.1 Å². The molecule has 0 aliphatic carbocycles. The van der Waals surface area contributed by atoms with Gasteiger partial charge in [-0.05, 0) is 46.2 Å². The van der Waals surface area contributed by atoms with Crippen molar-refractivity contribution in [2.45, 2.75) is 40.0 Å². The largest absolute Gasteiger partial charge is 0.466 e. The number of amides is 1. The Balaban J connectivity index is 2.40. The Morgan fingerprint density at radius 2 is 2.09 bits per heavy atom. The Labute approximate surface area is 132 Å². The summed E-state index contributed by atoms with van der Waals surface area (Å²) in [4.78, 5) is 29.1. The summed E-state index contributed by atoms with van der Waals surface area (Å²) in [5.74, 6) is -0.142. The number of rotatable bonds is 6. The van der Waals surface area contributed by atoms with Gasteiger partial charge in [0.1, 0.15) is 0 Å². The highest BCUT2D eigenvalue weighted by molar-refractivity contribution is 5.84. The van der Waals surface area contributed by atoms with E-state index in [1.165, 1.54) is 13.1 Å². The van der Waals surface area contributed by atoms with E-state index in [1.54, 1.807) is 6.20 Å². The van der Waals surface area contributed by atoms with E-state index < -0.39 is 0 Å². The van der Waals surface area contributed by atoms with Gasteiger partial charge in [0.15, 0.2) is 0 Å². The van der Waals surface area contributed by atoms with E-state index in [4.69, 9.17) is 4.74 Å². The van der Waals surface area contributed by atoms with Crippen LogP contribution >= 0.6 is 0 Å². The molecule has 1 rings (SSSR count). The summed E-state index contributed by atoms with van der Waals surface area (Å²) < 4.78 is 5.11. The number of esters is 1. The number of carbonyl (C=O) groups excluding carboxylic acids is 2. The van der Waals surface area contributed by atoms with Gasteiger partial charge in [-0.25, -0.2) is 0 Å². The van der Waals surface area contributed by atoms with Crippen LogP contribution in [0.25, 0.3) is 0 Å². The third-order valence-corrected chi connectivity index (χ3v) is 3.55. The molecule has 124 valence electrons. The second-order valence-electron chi connectivity index (χ2n) is 5.54. The maximum Gasteiger partial charge on any atom is 0.308 e. The van der Waals surface area contributed by atoms with Crippen LogP contribution in [0.15, 0.2) is 17.4 Å². The second kappa shape index (κ2) is 10.1. The number of carbonyl (C=O) groups is 2. The molecule has 1 saturated heterocycles. The lowest BCUT2D eigenvalue weighted by molar-refractivity contribution is -0.148. The first kappa shape index (κ1) is 18.4. The molecule has 0 radical (unpaired) electrons. The second-order valence-corrected chi connectivity index (χ2v) is 5.54. The average molecular weight is 309 g/mol. The first-order chi connectivity index (χ1) is 10.5. The van der Waals surface area contributed by atoms with Gasteiger partial charge in [0.25, 0.3) is 0 Å². The number of ether oxygens (including phenoxy) is 1. The van der Waals surface area contributed by atoms with Crippen LogP contribution in [-0.4, -0.2) is 48.7 Å². The van der Waals surface area contributed by atoms with Crippen molar-refractivity contribution < 1.29 is 14.3 Å². The smallest absolute Gasteiger partial charge is 0.308 e. The van der Waals surface area contributed by atoms with Gasteiger partial charge in [-0.2, -0.15) is 0 Å². The first-order valence-electron chi connectivity index (χ1n) is 7.87. The Morgan fingerprint density at radius 3 is 2.77 bits per heavy atom. The molecule has 1 heterocycles. The number of nitrogens with one attached hydrogen (secondary N) is 1. The Bertz CT molecular complexity index is 432. The summed E-state index contributed by atoms with van der Waals surface area (Å²) in [7, 11) is 0. The summed E-state index contributed by atoms with van der Waals surface area (Å²) in [5.41, 5.74) is 0.983. The SMILES string of the molecule is CCOC(=O)C1CCCN(CC(C)=N/C=C\NC(C)=O)CC1. The molecule has 0 bridgehead atoms. The summed E-state index contributed by atoms with van der Waals surface area (Å²) in [5, 5.41) is 2.55. The minimum Gasteiger partial charge on any atom is -0.466 e. The normalized spacial score (nSPS) is 20.7. The standard InChI is InChI=1S/C16H27N3O3/c1-4-22-16(21)15-6-5-10-19(11-7-15)12-13(2)17-8-9-18-14(3)20/h8-9,15H,4-7,10-12H2,1-3H3,(H,18,20)/b9-8-,17-13?. The van der Waals surface area contributed by atoms with Crippen LogP contribution in [0.5, 0.6) is 0 Å². The molecule has 1 aliphatic rings. The minimum atomic E-state index is -0.110. The van der Waals surface area contributed by atoms with E-state index in [0.29, 0.717) is 6.61 Å². The predicted molar refractivity (Wildman–Crippen MR) is 86.5 cm³/mol. The van der Waals surface area contributed by atoms with Gasteiger partial charge in [0, 0.05) is 31.6 Å². The van der Waals surface area contributed by atoms with Gasteiger partial charge in [-0.15, -0.1) is 0 Å². The number of nitrogens with zero attached hydrogens (tertiary/aromatic N) is 2. The molecule has 1 aliphatic heterocycles. The monoisotopic (exact) mass is 309 g/mol. The van der Waals surface area contributed by atoms with Crippen molar-refractivity contribution in [3.63, 3.8) is 0 Å². The Kier molecular flexibility index (Phi) is 8.43. The molecule has 0 aromatic carbocycles. The lowest BCUT2D eigenvalue weighted by atomic mass is 10.0. The highest BCUT2D eigenvalue weighted by Crippen LogP contribution is 2.18. The number of likely N-dealkylation sites (tertiary alicyclic amines) is 1. The predicted octanol–water partition coefficient (Wildman–Crippen LogP) is 1.72. The fourth-order valence-electron chi connectivity index (χ4n) is 2.49. The fraction of sp³-hybridized carbons (Fsp3) is 0.688. The summed E-state index contributed by atoms with van der Waals surface area (Å²) in [6.45, 7) is 8.34. The van der Waals surface area contributed by atoms with E-state index in [1.807, 2.05) is 13.8 Å². The maximum absolute atomic E-state index is 11.8. The van der Waals surface area contributed by atoms with Crippen LogP contribution in [0.3, 0.4) is 0 Å². The highest BCUT2D eigenvalue weighted by Gasteiger charge is 2.23. The quantitative estimate of drug-likeness (QED) is 0.599. The summed E-state index contributed by atoms with van der Waals surface area (Å²) in [6, 6.07) is 0. The minimum absolute atomic E-state index is 0.0295. The Morgan fingerprint density at radius 1 is 1.32 bits per heavy atom. The van der Waals surface area contributed by atoms with Gasteiger partial charge in [0.2, 0.25) is 5.91 Å². The van der Waals surface area contributed by atoms with Crippen LogP contribution in [0.1, 0.15) is 40.0 Å². The molecule has 0 aromatic heterocycles. The molecule has 6 heteroatoms.